The molecular formula is C21H16Cl2N2O2. The van der Waals surface area contributed by atoms with Gasteiger partial charge in [0.15, 0.2) is 0 Å². The first-order chi connectivity index (χ1) is 13.1. The molecule has 2 aromatic heterocycles. The van der Waals surface area contributed by atoms with Gasteiger partial charge in [-0.3, -0.25) is 0 Å². The number of fused-ring (bicyclic) bond motifs is 3. The fraction of sp³-hybridized carbons (Fsp3) is 0.143. The second-order valence-electron chi connectivity index (χ2n) is 6.16. The third-order valence-corrected chi connectivity index (χ3v) is 5.21. The largest absolute Gasteiger partial charge is 0.461 e. The molecule has 0 amide bonds. The number of hydrogen-bond acceptors (Lipinski definition) is 3. The highest BCUT2D eigenvalue weighted by Crippen LogP contribution is 2.31. The summed E-state index contributed by atoms with van der Waals surface area (Å²) in [6.07, 6.45) is 1.72. The highest BCUT2D eigenvalue weighted by atomic mass is 35.5. The molecule has 0 saturated heterocycles. The number of rotatable bonds is 4. The molecule has 4 nitrogen and oxygen atoms in total. The fourth-order valence-electron chi connectivity index (χ4n) is 3.25. The lowest BCUT2D eigenvalue weighted by Crippen LogP contribution is -2.07. The van der Waals surface area contributed by atoms with E-state index in [2.05, 4.69) is 15.6 Å². The van der Waals surface area contributed by atoms with Crippen molar-refractivity contribution in [2.75, 3.05) is 6.61 Å². The van der Waals surface area contributed by atoms with Gasteiger partial charge in [0.1, 0.15) is 5.69 Å². The zero-order chi connectivity index (χ0) is 19.0. The normalized spacial score (nSPS) is 11.2. The summed E-state index contributed by atoms with van der Waals surface area (Å²) in [5.41, 5.74) is 3.33. The van der Waals surface area contributed by atoms with Crippen LogP contribution in [0.25, 0.3) is 21.8 Å². The molecule has 4 aromatic rings. The summed E-state index contributed by atoms with van der Waals surface area (Å²) in [7, 11) is 0. The van der Waals surface area contributed by atoms with Gasteiger partial charge in [0, 0.05) is 22.8 Å². The zero-order valence-corrected chi connectivity index (χ0v) is 16.1. The number of carbonyl (C=O) groups is 1. The highest BCUT2D eigenvalue weighted by Gasteiger charge is 2.15. The summed E-state index contributed by atoms with van der Waals surface area (Å²) >= 11 is 12.2. The van der Waals surface area contributed by atoms with Gasteiger partial charge in [-0.15, -0.1) is 0 Å². The molecule has 6 heteroatoms. The van der Waals surface area contributed by atoms with E-state index in [-0.39, 0.29) is 0 Å². The Labute approximate surface area is 166 Å². The van der Waals surface area contributed by atoms with E-state index >= 15 is 0 Å². The monoisotopic (exact) mass is 398 g/mol. The minimum atomic E-state index is -0.416. The first-order valence-corrected chi connectivity index (χ1v) is 9.32. The van der Waals surface area contributed by atoms with Crippen molar-refractivity contribution >= 4 is 51.0 Å². The second kappa shape index (κ2) is 7.22. The van der Waals surface area contributed by atoms with Crippen molar-refractivity contribution < 1.29 is 9.53 Å². The van der Waals surface area contributed by atoms with Crippen LogP contribution in [0.3, 0.4) is 0 Å². The molecule has 0 N–H and O–H groups in total. The molecule has 0 unspecified atom stereocenters. The quantitative estimate of drug-likeness (QED) is 0.412. The van der Waals surface area contributed by atoms with Crippen molar-refractivity contribution in [3.05, 3.63) is 76.0 Å². The van der Waals surface area contributed by atoms with Crippen LogP contribution in [0.4, 0.5) is 0 Å². The van der Waals surface area contributed by atoms with Gasteiger partial charge in [0.25, 0.3) is 0 Å². The van der Waals surface area contributed by atoms with E-state index in [1.54, 1.807) is 25.3 Å². The maximum atomic E-state index is 12.1. The Morgan fingerprint density at radius 1 is 1.04 bits per heavy atom. The van der Waals surface area contributed by atoms with Gasteiger partial charge in [-0.2, -0.15) is 0 Å². The molecule has 0 saturated carbocycles. The maximum Gasteiger partial charge on any atom is 0.356 e. The van der Waals surface area contributed by atoms with Crippen molar-refractivity contribution in [1.82, 2.24) is 9.55 Å². The number of aromatic nitrogens is 2. The Hall–Kier alpha value is -2.56. The molecule has 4 rings (SSSR count). The molecule has 0 radical (unpaired) electrons. The summed E-state index contributed by atoms with van der Waals surface area (Å²) in [6, 6.07) is 15.5. The smallest absolute Gasteiger partial charge is 0.356 e. The molecule has 0 aliphatic carbocycles. The third-order valence-electron chi connectivity index (χ3n) is 4.47. The van der Waals surface area contributed by atoms with Crippen LogP contribution in [0.15, 0.2) is 54.7 Å². The van der Waals surface area contributed by atoms with E-state index in [9.17, 15) is 4.79 Å². The van der Waals surface area contributed by atoms with Crippen LogP contribution in [0.5, 0.6) is 0 Å². The number of esters is 1. The SMILES string of the molecule is CCOC(=O)c1cc2c3ccccc3n(Cc3ccc(Cl)c(Cl)c3)c2cn1. The van der Waals surface area contributed by atoms with E-state index in [1.807, 2.05) is 30.3 Å². The molecule has 0 atom stereocenters. The fourth-order valence-corrected chi connectivity index (χ4v) is 3.57. The average molecular weight is 399 g/mol. The van der Waals surface area contributed by atoms with Gasteiger partial charge in [0.05, 0.1) is 28.4 Å². The maximum absolute atomic E-state index is 12.1. The first kappa shape index (κ1) is 17.8. The van der Waals surface area contributed by atoms with Crippen LogP contribution < -0.4 is 0 Å². The molecule has 0 aliphatic heterocycles. The van der Waals surface area contributed by atoms with Gasteiger partial charge in [-0.1, -0.05) is 47.5 Å². The van der Waals surface area contributed by atoms with Crippen LogP contribution in [0.2, 0.25) is 10.0 Å². The van der Waals surface area contributed by atoms with Crippen molar-refractivity contribution in [2.24, 2.45) is 0 Å². The van der Waals surface area contributed by atoms with Crippen molar-refractivity contribution in [1.29, 1.82) is 0 Å². The summed E-state index contributed by atoms with van der Waals surface area (Å²) in [6.45, 7) is 2.71. The van der Waals surface area contributed by atoms with Gasteiger partial charge in [0.2, 0.25) is 0 Å². The summed E-state index contributed by atoms with van der Waals surface area (Å²) in [5, 5.41) is 3.07. The van der Waals surface area contributed by atoms with Gasteiger partial charge in [-0.05, 0) is 36.8 Å². The van der Waals surface area contributed by atoms with Gasteiger partial charge >= 0.3 is 5.97 Å². The number of benzene rings is 2. The standard InChI is InChI=1S/C21H16Cl2N2O2/c1-2-27-21(26)18-10-15-14-5-3-4-6-19(14)25(20(15)11-24-18)12-13-7-8-16(22)17(23)9-13/h3-11H,2,12H2,1H3. The Morgan fingerprint density at radius 3 is 2.63 bits per heavy atom. The van der Waals surface area contributed by atoms with E-state index in [0.29, 0.717) is 28.9 Å². The lowest BCUT2D eigenvalue weighted by molar-refractivity contribution is 0.0519. The number of ether oxygens (including phenoxy) is 1. The minimum Gasteiger partial charge on any atom is -0.461 e. The van der Waals surface area contributed by atoms with Crippen LogP contribution >= 0.6 is 23.2 Å². The Bertz CT molecular complexity index is 1170. The number of nitrogens with zero attached hydrogens (tertiary/aromatic N) is 2. The number of para-hydroxylation sites is 1. The van der Waals surface area contributed by atoms with Crippen LogP contribution in [0, 0.1) is 0 Å². The number of carbonyl (C=O) groups excluding carboxylic acids is 1. The van der Waals surface area contributed by atoms with Gasteiger partial charge in [-0.25, -0.2) is 9.78 Å². The Morgan fingerprint density at radius 2 is 1.85 bits per heavy atom. The van der Waals surface area contributed by atoms with Crippen LogP contribution in [0.1, 0.15) is 23.0 Å². The number of hydrogen-bond donors (Lipinski definition) is 0. The van der Waals surface area contributed by atoms with E-state index < -0.39 is 5.97 Å². The molecule has 0 fully saturated rings. The lowest BCUT2D eigenvalue weighted by Gasteiger charge is -2.09. The summed E-state index contributed by atoms with van der Waals surface area (Å²) in [4.78, 5) is 16.4. The minimum absolute atomic E-state index is 0.307. The lowest BCUT2D eigenvalue weighted by atomic mass is 10.1. The molecular weight excluding hydrogens is 383 g/mol. The number of halogens is 2. The molecule has 0 aliphatic rings. The molecule has 27 heavy (non-hydrogen) atoms. The Kier molecular flexibility index (Phi) is 4.77. The molecule has 2 heterocycles. The average Bonchev–Trinajstić information content (AvgIpc) is 2.98. The third kappa shape index (κ3) is 3.27. The molecule has 2 aromatic carbocycles. The first-order valence-electron chi connectivity index (χ1n) is 8.56. The second-order valence-corrected chi connectivity index (χ2v) is 6.97. The topological polar surface area (TPSA) is 44.1 Å². The summed E-state index contributed by atoms with van der Waals surface area (Å²) in [5.74, 6) is -0.416. The molecule has 0 bridgehead atoms. The van der Waals surface area contributed by atoms with Crippen LogP contribution in [-0.4, -0.2) is 22.1 Å². The van der Waals surface area contributed by atoms with Crippen LogP contribution in [-0.2, 0) is 11.3 Å². The zero-order valence-electron chi connectivity index (χ0n) is 14.6. The Balaban J connectivity index is 1.88. The predicted molar refractivity (Wildman–Crippen MR) is 109 cm³/mol. The summed E-state index contributed by atoms with van der Waals surface area (Å²) < 4.78 is 7.24. The van der Waals surface area contributed by atoms with Crippen molar-refractivity contribution in [3.63, 3.8) is 0 Å². The predicted octanol–water partition coefficient (Wildman–Crippen LogP) is 5.72. The van der Waals surface area contributed by atoms with Crippen molar-refractivity contribution in [3.8, 4) is 0 Å². The molecule has 0 spiro atoms. The highest BCUT2D eigenvalue weighted by molar-refractivity contribution is 6.42. The van der Waals surface area contributed by atoms with Gasteiger partial charge < -0.3 is 9.30 Å². The number of pyridine rings is 1. The van der Waals surface area contributed by atoms with E-state index in [4.69, 9.17) is 27.9 Å². The van der Waals surface area contributed by atoms with Crippen molar-refractivity contribution in [2.45, 2.75) is 13.5 Å². The van der Waals surface area contributed by atoms with E-state index in [1.165, 1.54) is 0 Å². The molecule has 136 valence electrons. The van der Waals surface area contributed by atoms with E-state index in [0.717, 1.165) is 27.4 Å².